The Morgan fingerprint density at radius 3 is 3.08 bits per heavy atom. The van der Waals surface area contributed by atoms with E-state index in [0.29, 0.717) is 26.1 Å². The molecular weight excluding hydrogens is 168 g/mol. The Morgan fingerprint density at radius 2 is 2.46 bits per heavy atom. The zero-order valence-corrected chi connectivity index (χ0v) is 8.16. The molecule has 1 heterocycles. The van der Waals surface area contributed by atoms with E-state index in [-0.39, 0.29) is 12.0 Å². The predicted octanol–water partition coefficient (Wildman–Crippen LogP) is -0.0274. The summed E-state index contributed by atoms with van der Waals surface area (Å²) < 4.78 is 5.47. The smallest absolute Gasteiger partial charge is 0.222 e. The summed E-state index contributed by atoms with van der Waals surface area (Å²) in [7, 11) is 0. The zero-order chi connectivity index (χ0) is 9.68. The number of ether oxygens (including phenoxy) is 1. The molecule has 4 nitrogen and oxygen atoms in total. The summed E-state index contributed by atoms with van der Waals surface area (Å²) in [6.07, 6.45) is 1.57. The highest BCUT2D eigenvalue weighted by Gasteiger charge is 2.22. The lowest BCUT2D eigenvalue weighted by Crippen LogP contribution is -2.45. The summed E-state index contributed by atoms with van der Waals surface area (Å²) in [5, 5.41) is 0. The molecule has 0 aromatic heterocycles. The molecule has 0 spiro atoms. The minimum Gasteiger partial charge on any atom is -0.374 e. The van der Waals surface area contributed by atoms with Crippen LogP contribution in [-0.2, 0) is 9.53 Å². The van der Waals surface area contributed by atoms with Gasteiger partial charge in [0.1, 0.15) is 0 Å². The first-order chi connectivity index (χ1) is 6.27. The van der Waals surface area contributed by atoms with Crippen molar-refractivity contribution in [2.24, 2.45) is 5.73 Å². The molecule has 76 valence electrons. The number of amides is 1. The molecule has 1 amide bonds. The highest BCUT2D eigenvalue weighted by molar-refractivity contribution is 5.75. The Bertz CT molecular complexity index is 171. The number of hydrogen-bond acceptors (Lipinski definition) is 3. The molecule has 1 aliphatic heterocycles. The van der Waals surface area contributed by atoms with E-state index < -0.39 is 0 Å². The molecule has 1 atom stereocenters. The van der Waals surface area contributed by atoms with Gasteiger partial charge in [0, 0.05) is 19.5 Å². The molecule has 1 aliphatic rings. The average Bonchev–Trinajstić information content (AvgIpc) is 2.18. The van der Waals surface area contributed by atoms with Crippen molar-refractivity contribution < 1.29 is 9.53 Å². The van der Waals surface area contributed by atoms with Crippen LogP contribution in [0.25, 0.3) is 0 Å². The first-order valence-electron chi connectivity index (χ1n) is 4.87. The van der Waals surface area contributed by atoms with Gasteiger partial charge >= 0.3 is 0 Å². The van der Waals surface area contributed by atoms with Crippen LogP contribution in [0.1, 0.15) is 19.8 Å². The molecule has 1 unspecified atom stereocenters. The molecular formula is C9H18N2O2. The van der Waals surface area contributed by atoms with Gasteiger partial charge in [-0.25, -0.2) is 0 Å². The second-order valence-corrected chi connectivity index (χ2v) is 3.26. The van der Waals surface area contributed by atoms with E-state index in [0.717, 1.165) is 13.0 Å². The maximum Gasteiger partial charge on any atom is 0.222 e. The molecule has 0 aliphatic carbocycles. The van der Waals surface area contributed by atoms with Crippen LogP contribution < -0.4 is 5.73 Å². The normalized spacial score (nSPS) is 23.2. The van der Waals surface area contributed by atoms with E-state index in [9.17, 15) is 4.79 Å². The van der Waals surface area contributed by atoms with Crippen molar-refractivity contribution in [1.29, 1.82) is 0 Å². The van der Waals surface area contributed by atoms with Crippen LogP contribution in [0.2, 0.25) is 0 Å². The van der Waals surface area contributed by atoms with Gasteiger partial charge in [-0.05, 0) is 13.0 Å². The quantitative estimate of drug-likeness (QED) is 0.673. The lowest BCUT2D eigenvalue weighted by atomic mass is 10.2. The maximum atomic E-state index is 11.4. The van der Waals surface area contributed by atoms with Crippen LogP contribution in [0.15, 0.2) is 0 Å². The van der Waals surface area contributed by atoms with Crippen molar-refractivity contribution in [3.05, 3.63) is 0 Å². The summed E-state index contributed by atoms with van der Waals surface area (Å²) in [5.41, 5.74) is 5.43. The van der Waals surface area contributed by atoms with Crippen LogP contribution >= 0.6 is 0 Å². The van der Waals surface area contributed by atoms with Crippen LogP contribution in [0.4, 0.5) is 0 Å². The maximum absolute atomic E-state index is 11.4. The number of nitrogens with two attached hydrogens (primary N) is 1. The number of carbonyl (C=O) groups excluding carboxylic acids is 1. The van der Waals surface area contributed by atoms with E-state index in [1.165, 1.54) is 0 Å². The Labute approximate surface area is 79.0 Å². The number of hydrogen-bond donors (Lipinski definition) is 1. The lowest BCUT2D eigenvalue weighted by Gasteiger charge is -2.32. The summed E-state index contributed by atoms with van der Waals surface area (Å²) in [6.45, 7) is 4.60. The Morgan fingerprint density at radius 1 is 1.69 bits per heavy atom. The fourth-order valence-electron chi connectivity index (χ4n) is 1.53. The summed E-state index contributed by atoms with van der Waals surface area (Å²) in [6, 6.07) is 0. The molecule has 1 saturated heterocycles. The molecule has 0 aromatic carbocycles. The fraction of sp³-hybridized carbons (Fsp3) is 0.889. The summed E-state index contributed by atoms with van der Waals surface area (Å²) >= 11 is 0. The van der Waals surface area contributed by atoms with Crippen molar-refractivity contribution in [1.82, 2.24) is 4.90 Å². The molecule has 2 N–H and O–H groups in total. The number of rotatable bonds is 3. The van der Waals surface area contributed by atoms with Crippen molar-refractivity contribution in [2.45, 2.75) is 25.9 Å². The molecule has 1 fully saturated rings. The molecule has 0 radical (unpaired) electrons. The van der Waals surface area contributed by atoms with Crippen LogP contribution in [0.5, 0.6) is 0 Å². The van der Waals surface area contributed by atoms with E-state index in [1.807, 2.05) is 11.8 Å². The first kappa shape index (κ1) is 10.5. The van der Waals surface area contributed by atoms with Gasteiger partial charge in [-0.2, -0.15) is 0 Å². The Balaban J connectivity index is 2.37. The van der Waals surface area contributed by atoms with Gasteiger partial charge < -0.3 is 15.4 Å². The highest BCUT2D eigenvalue weighted by Crippen LogP contribution is 2.08. The van der Waals surface area contributed by atoms with Crippen LogP contribution in [0, 0.1) is 0 Å². The Hall–Kier alpha value is -0.610. The van der Waals surface area contributed by atoms with Crippen LogP contribution in [-0.4, -0.2) is 43.2 Å². The van der Waals surface area contributed by atoms with Crippen molar-refractivity contribution in [2.75, 3.05) is 26.2 Å². The summed E-state index contributed by atoms with van der Waals surface area (Å²) in [4.78, 5) is 13.2. The van der Waals surface area contributed by atoms with Crippen molar-refractivity contribution in [3.63, 3.8) is 0 Å². The Kier molecular flexibility index (Phi) is 4.18. The molecule has 1 rings (SSSR count). The third-order valence-electron chi connectivity index (χ3n) is 2.28. The largest absolute Gasteiger partial charge is 0.374 e. The molecule has 13 heavy (non-hydrogen) atoms. The van der Waals surface area contributed by atoms with Gasteiger partial charge in [0.25, 0.3) is 0 Å². The second-order valence-electron chi connectivity index (χ2n) is 3.26. The SMILES string of the molecule is CCC(=O)N1CCOC(CCN)C1. The summed E-state index contributed by atoms with van der Waals surface area (Å²) in [5.74, 6) is 0.213. The van der Waals surface area contributed by atoms with Gasteiger partial charge in [-0.15, -0.1) is 0 Å². The topological polar surface area (TPSA) is 55.6 Å². The predicted molar refractivity (Wildman–Crippen MR) is 50.3 cm³/mol. The van der Waals surface area contributed by atoms with E-state index in [4.69, 9.17) is 10.5 Å². The highest BCUT2D eigenvalue weighted by atomic mass is 16.5. The molecule has 0 aromatic rings. The molecule has 0 saturated carbocycles. The van der Waals surface area contributed by atoms with E-state index in [1.54, 1.807) is 0 Å². The minimum absolute atomic E-state index is 0.147. The van der Waals surface area contributed by atoms with Crippen molar-refractivity contribution >= 4 is 5.91 Å². The van der Waals surface area contributed by atoms with E-state index in [2.05, 4.69) is 0 Å². The minimum atomic E-state index is 0.147. The standard InChI is InChI=1S/C9H18N2O2/c1-2-9(12)11-5-6-13-8(7-11)3-4-10/h8H,2-7,10H2,1H3. The number of morpholine rings is 1. The second kappa shape index (κ2) is 5.19. The zero-order valence-electron chi connectivity index (χ0n) is 8.16. The number of nitrogens with zero attached hydrogens (tertiary/aromatic N) is 1. The van der Waals surface area contributed by atoms with E-state index >= 15 is 0 Å². The lowest BCUT2D eigenvalue weighted by molar-refractivity contribution is -0.138. The number of carbonyl (C=O) groups is 1. The van der Waals surface area contributed by atoms with Gasteiger partial charge in [-0.3, -0.25) is 4.79 Å². The van der Waals surface area contributed by atoms with Crippen LogP contribution in [0.3, 0.4) is 0 Å². The first-order valence-corrected chi connectivity index (χ1v) is 4.87. The monoisotopic (exact) mass is 186 g/mol. The average molecular weight is 186 g/mol. The third kappa shape index (κ3) is 2.97. The van der Waals surface area contributed by atoms with Gasteiger partial charge in [0.05, 0.1) is 12.7 Å². The van der Waals surface area contributed by atoms with Crippen molar-refractivity contribution in [3.8, 4) is 0 Å². The van der Waals surface area contributed by atoms with Gasteiger partial charge in [0.2, 0.25) is 5.91 Å². The molecule has 0 bridgehead atoms. The molecule has 4 heteroatoms. The fourth-order valence-corrected chi connectivity index (χ4v) is 1.53. The third-order valence-corrected chi connectivity index (χ3v) is 2.28. The van der Waals surface area contributed by atoms with Gasteiger partial charge in [-0.1, -0.05) is 6.92 Å². The van der Waals surface area contributed by atoms with Gasteiger partial charge in [0.15, 0.2) is 0 Å².